The quantitative estimate of drug-likeness (QED) is 0.661. The highest BCUT2D eigenvalue weighted by atomic mass is 127. The van der Waals surface area contributed by atoms with Gasteiger partial charge in [-0.25, -0.2) is 0 Å². The average molecular weight is 339 g/mol. The van der Waals surface area contributed by atoms with Gasteiger partial charge in [0.05, 0.1) is 3.57 Å². The number of nitrogens with one attached hydrogen (secondary N) is 1. The number of benzene rings is 2. The van der Waals surface area contributed by atoms with Crippen molar-refractivity contribution in [1.82, 2.24) is 0 Å². The molecule has 17 heavy (non-hydrogen) atoms. The molecule has 0 spiro atoms. The third kappa shape index (κ3) is 3.93. The number of para-hydroxylation sites is 2. The monoisotopic (exact) mass is 339 g/mol. The topological polar surface area (TPSA) is 21.3 Å². The lowest BCUT2D eigenvalue weighted by atomic mass is 10.3. The van der Waals surface area contributed by atoms with Crippen LogP contribution in [0.1, 0.15) is 0 Å². The average Bonchev–Trinajstić information content (AvgIpc) is 2.38. The molecule has 0 aliphatic carbocycles. The van der Waals surface area contributed by atoms with Gasteiger partial charge in [-0.05, 0) is 46.9 Å². The van der Waals surface area contributed by atoms with E-state index in [2.05, 4.69) is 27.9 Å². The lowest BCUT2D eigenvalue weighted by molar-refractivity contribution is 0.330. The summed E-state index contributed by atoms with van der Waals surface area (Å²) in [5, 5.41) is 3.31. The molecule has 0 fully saturated rings. The molecule has 2 rings (SSSR count). The SMILES string of the molecule is Ic1ccccc1OCCNc1ccccc1. The summed E-state index contributed by atoms with van der Waals surface area (Å²) in [6.07, 6.45) is 0. The minimum Gasteiger partial charge on any atom is -0.491 e. The zero-order valence-electron chi connectivity index (χ0n) is 9.40. The highest BCUT2D eigenvalue weighted by molar-refractivity contribution is 14.1. The van der Waals surface area contributed by atoms with Crippen molar-refractivity contribution in [3.63, 3.8) is 0 Å². The van der Waals surface area contributed by atoms with Crippen LogP contribution in [0.3, 0.4) is 0 Å². The molecule has 2 aromatic carbocycles. The Morgan fingerprint density at radius 1 is 0.941 bits per heavy atom. The van der Waals surface area contributed by atoms with Crippen LogP contribution in [0.5, 0.6) is 5.75 Å². The van der Waals surface area contributed by atoms with Crippen LogP contribution < -0.4 is 10.1 Å². The van der Waals surface area contributed by atoms with Gasteiger partial charge >= 0.3 is 0 Å². The van der Waals surface area contributed by atoms with Crippen LogP contribution in [0.25, 0.3) is 0 Å². The van der Waals surface area contributed by atoms with Gasteiger partial charge in [0.25, 0.3) is 0 Å². The van der Waals surface area contributed by atoms with E-state index in [1.54, 1.807) is 0 Å². The van der Waals surface area contributed by atoms with E-state index in [9.17, 15) is 0 Å². The van der Waals surface area contributed by atoms with Gasteiger partial charge in [0.2, 0.25) is 0 Å². The van der Waals surface area contributed by atoms with Gasteiger partial charge < -0.3 is 10.1 Å². The Bertz CT molecular complexity index is 459. The van der Waals surface area contributed by atoms with Gasteiger partial charge in [-0.2, -0.15) is 0 Å². The molecule has 0 aliphatic rings. The van der Waals surface area contributed by atoms with Crippen molar-refractivity contribution < 1.29 is 4.74 Å². The standard InChI is InChI=1S/C14H14INO/c15-13-8-4-5-9-14(13)17-11-10-16-12-6-2-1-3-7-12/h1-9,16H,10-11H2. The molecule has 0 aromatic heterocycles. The van der Waals surface area contributed by atoms with Crippen LogP contribution in [-0.4, -0.2) is 13.2 Å². The van der Waals surface area contributed by atoms with E-state index in [0.717, 1.165) is 21.6 Å². The molecule has 0 atom stereocenters. The van der Waals surface area contributed by atoms with E-state index in [4.69, 9.17) is 4.74 Å². The summed E-state index contributed by atoms with van der Waals surface area (Å²) < 4.78 is 6.83. The Kier molecular flexibility index (Phi) is 4.67. The molecule has 2 aromatic rings. The predicted molar refractivity (Wildman–Crippen MR) is 79.6 cm³/mol. The van der Waals surface area contributed by atoms with Gasteiger partial charge in [0.1, 0.15) is 12.4 Å². The molecule has 0 radical (unpaired) electrons. The number of anilines is 1. The zero-order chi connectivity index (χ0) is 11.9. The number of ether oxygens (including phenoxy) is 1. The lowest BCUT2D eigenvalue weighted by Crippen LogP contribution is -2.11. The van der Waals surface area contributed by atoms with E-state index in [1.807, 2.05) is 54.6 Å². The van der Waals surface area contributed by atoms with Crippen LogP contribution in [-0.2, 0) is 0 Å². The molecule has 3 heteroatoms. The fourth-order valence-corrected chi connectivity index (χ4v) is 2.02. The Morgan fingerprint density at radius 3 is 2.41 bits per heavy atom. The Hall–Kier alpha value is -1.23. The molecule has 2 nitrogen and oxygen atoms in total. The largest absolute Gasteiger partial charge is 0.491 e. The second-order valence-corrected chi connectivity index (χ2v) is 4.73. The maximum atomic E-state index is 5.69. The molecular formula is C14H14INO. The van der Waals surface area contributed by atoms with Gasteiger partial charge in [0, 0.05) is 12.2 Å². The third-order valence-electron chi connectivity index (χ3n) is 2.30. The summed E-state index contributed by atoms with van der Waals surface area (Å²) in [4.78, 5) is 0. The first kappa shape index (κ1) is 12.2. The van der Waals surface area contributed by atoms with E-state index < -0.39 is 0 Å². The second-order valence-electron chi connectivity index (χ2n) is 3.57. The van der Waals surface area contributed by atoms with Gasteiger partial charge in [-0.3, -0.25) is 0 Å². The third-order valence-corrected chi connectivity index (χ3v) is 3.19. The smallest absolute Gasteiger partial charge is 0.132 e. The van der Waals surface area contributed by atoms with E-state index in [-0.39, 0.29) is 0 Å². The molecular weight excluding hydrogens is 325 g/mol. The number of hydrogen-bond acceptors (Lipinski definition) is 2. The molecule has 0 heterocycles. The van der Waals surface area contributed by atoms with Crippen molar-refractivity contribution in [2.75, 3.05) is 18.5 Å². The predicted octanol–water partition coefficient (Wildman–Crippen LogP) is 3.78. The Balaban J connectivity index is 1.76. The summed E-state index contributed by atoms with van der Waals surface area (Å²) in [6, 6.07) is 18.2. The van der Waals surface area contributed by atoms with Crippen LogP contribution in [0.4, 0.5) is 5.69 Å². The first-order chi connectivity index (χ1) is 8.36. The molecule has 1 N–H and O–H groups in total. The highest BCUT2D eigenvalue weighted by Crippen LogP contribution is 2.19. The summed E-state index contributed by atoms with van der Waals surface area (Å²) in [5.41, 5.74) is 1.12. The van der Waals surface area contributed by atoms with Gasteiger partial charge in [-0.15, -0.1) is 0 Å². The fourth-order valence-electron chi connectivity index (χ4n) is 1.47. The second kappa shape index (κ2) is 6.49. The molecule has 0 amide bonds. The number of hydrogen-bond donors (Lipinski definition) is 1. The normalized spacial score (nSPS) is 9.94. The van der Waals surface area contributed by atoms with Crippen LogP contribution in [0, 0.1) is 3.57 Å². The summed E-state index contributed by atoms with van der Waals surface area (Å²) in [7, 11) is 0. The van der Waals surface area contributed by atoms with Crippen molar-refractivity contribution in [2.24, 2.45) is 0 Å². The molecule has 0 saturated heterocycles. The first-order valence-electron chi connectivity index (χ1n) is 5.52. The summed E-state index contributed by atoms with van der Waals surface area (Å²) >= 11 is 2.28. The number of rotatable bonds is 5. The van der Waals surface area contributed by atoms with Gasteiger partial charge in [-0.1, -0.05) is 30.3 Å². The minimum atomic E-state index is 0.662. The maximum Gasteiger partial charge on any atom is 0.132 e. The van der Waals surface area contributed by atoms with E-state index in [1.165, 1.54) is 0 Å². The highest BCUT2D eigenvalue weighted by Gasteiger charge is 1.98. The van der Waals surface area contributed by atoms with Crippen LogP contribution >= 0.6 is 22.6 Å². The Labute approximate surface area is 115 Å². The minimum absolute atomic E-state index is 0.662. The van der Waals surface area contributed by atoms with Crippen LogP contribution in [0.15, 0.2) is 54.6 Å². The molecule has 0 saturated carbocycles. The molecule has 88 valence electrons. The van der Waals surface area contributed by atoms with Crippen LogP contribution in [0.2, 0.25) is 0 Å². The van der Waals surface area contributed by atoms with Crippen molar-refractivity contribution in [3.05, 3.63) is 58.2 Å². The lowest BCUT2D eigenvalue weighted by Gasteiger charge is -2.09. The summed E-state index contributed by atoms with van der Waals surface area (Å²) in [5.74, 6) is 0.947. The van der Waals surface area contributed by atoms with Crippen molar-refractivity contribution in [2.45, 2.75) is 0 Å². The maximum absolute atomic E-state index is 5.69. The van der Waals surface area contributed by atoms with E-state index in [0.29, 0.717) is 6.61 Å². The number of halogens is 1. The zero-order valence-corrected chi connectivity index (χ0v) is 11.6. The van der Waals surface area contributed by atoms with E-state index >= 15 is 0 Å². The first-order valence-corrected chi connectivity index (χ1v) is 6.60. The Morgan fingerprint density at radius 2 is 1.65 bits per heavy atom. The van der Waals surface area contributed by atoms with Crippen molar-refractivity contribution in [1.29, 1.82) is 0 Å². The molecule has 0 unspecified atom stereocenters. The van der Waals surface area contributed by atoms with Crippen molar-refractivity contribution >= 4 is 28.3 Å². The fraction of sp³-hybridized carbons (Fsp3) is 0.143. The van der Waals surface area contributed by atoms with Gasteiger partial charge in [0.15, 0.2) is 0 Å². The molecule has 0 aliphatic heterocycles. The van der Waals surface area contributed by atoms with Crippen molar-refractivity contribution in [3.8, 4) is 5.75 Å². The summed E-state index contributed by atoms with van der Waals surface area (Å²) in [6.45, 7) is 1.46. The molecule has 0 bridgehead atoms.